The fourth-order valence-electron chi connectivity index (χ4n) is 1.73. The maximum atomic E-state index is 3.98. The lowest BCUT2D eigenvalue weighted by Crippen LogP contribution is -1.83. The first-order chi connectivity index (χ1) is 9.86. The molecule has 0 fully saturated rings. The second-order valence-corrected chi connectivity index (χ2v) is 5.23. The fourth-order valence-corrected chi connectivity index (χ4v) is 1.73. The number of imidazole rings is 1. The molecule has 3 aromatic rings. The summed E-state index contributed by atoms with van der Waals surface area (Å²) >= 11 is 0. The predicted molar refractivity (Wildman–Crippen MR) is 86.0 cm³/mol. The Morgan fingerprint density at radius 2 is 1.57 bits per heavy atom. The molecule has 5 heteroatoms. The molecule has 0 aliphatic rings. The molecule has 0 radical (unpaired) electrons. The van der Waals surface area contributed by atoms with E-state index in [2.05, 4.69) is 29.3 Å². The fraction of sp³-hybridized carbons (Fsp3) is 0.375. The highest BCUT2D eigenvalue weighted by molar-refractivity contribution is 5.06. The van der Waals surface area contributed by atoms with Gasteiger partial charge in [0.25, 0.3) is 0 Å². The molecule has 3 aromatic heterocycles. The van der Waals surface area contributed by atoms with Gasteiger partial charge in [-0.1, -0.05) is 0 Å². The third kappa shape index (κ3) is 7.15. The van der Waals surface area contributed by atoms with Crippen molar-refractivity contribution >= 4 is 0 Å². The first-order valence-electron chi connectivity index (χ1n) is 6.85. The lowest BCUT2D eigenvalue weighted by molar-refractivity contribution is 0.767. The number of nitrogens with zero attached hydrogens (tertiary/aromatic N) is 5. The van der Waals surface area contributed by atoms with Crippen LogP contribution in [0.5, 0.6) is 0 Å². The molecule has 0 aliphatic heterocycles. The summed E-state index contributed by atoms with van der Waals surface area (Å²) in [6.07, 6.45) is 11.7. The maximum Gasteiger partial charge on any atom is 0.0946 e. The van der Waals surface area contributed by atoms with Crippen molar-refractivity contribution in [1.82, 2.24) is 23.9 Å². The molecular formula is C16H25N5. The zero-order chi connectivity index (χ0) is 15.8. The van der Waals surface area contributed by atoms with E-state index in [0.717, 1.165) is 5.69 Å². The summed E-state index contributed by atoms with van der Waals surface area (Å²) in [5.74, 6) is 0. The topological polar surface area (TPSA) is 40.6 Å². The van der Waals surface area contributed by atoms with Crippen LogP contribution in [0.4, 0.5) is 0 Å². The highest BCUT2D eigenvalue weighted by Crippen LogP contribution is 1.93. The molecule has 0 bridgehead atoms. The summed E-state index contributed by atoms with van der Waals surface area (Å²) in [6.45, 7) is 6.08. The van der Waals surface area contributed by atoms with Crippen molar-refractivity contribution in [3.05, 3.63) is 60.2 Å². The monoisotopic (exact) mass is 287 g/mol. The Bertz CT molecular complexity index is 505. The van der Waals surface area contributed by atoms with E-state index >= 15 is 0 Å². The molecule has 114 valence electrons. The Morgan fingerprint density at radius 3 is 1.71 bits per heavy atom. The van der Waals surface area contributed by atoms with Gasteiger partial charge in [-0.2, -0.15) is 5.10 Å². The van der Waals surface area contributed by atoms with Crippen LogP contribution in [0.3, 0.4) is 0 Å². The molecule has 0 unspecified atom stereocenters. The number of hydrogen-bond donors (Lipinski definition) is 0. The molecule has 0 spiro atoms. The second-order valence-electron chi connectivity index (χ2n) is 5.23. The van der Waals surface area contributed by atoms with Crippen LogP contribution in [0.2, 0.25) is 0 Å². The summed E-state index contributed by atoms with van der Waals surface area (Å²) in [5.41, 5.74) is 3.60. The Hall–Kier alpha value is -2.30. The van der Waals surface area contributed by atoms with E-state index in [-0.39, 0.29) is 0 Å². The highest BCUT2D eigenvalue weighted by Gasteiger charge is 1.82. The van der Waals surface area contributed by atoms with Gasteiger partial charge in [-0.3, -0.25) is 4.68 Å². The standard InChI is InChI=1S/C6H9N.2C5H8N2/c1-6-3-4-7(2)5-6;1-5-3-7(2)4-6-5;1-5-3-6-7(2)4-5/h3-5H,1-2H3;2*3-4H,1-2H3. The molecule has 21 heavy (non-hydrogen) atoms. The Kier molecular flexibility index (Phi) is 6.46. The van der Waals surface area contributed by atoms with E-state index in [0.29, 0.717) is 0 Å². The Morgan fingerprint density at radius 1 is 0.857 bits per heavy atom. The van der Waals surface area contributed by atoms with Gasteiger partial charge in [0, 0.05) is 45.9 Å². The van der Waals surface area contributed by atoms with Crippen molar-refractivity contribution in [1.29, 1.82) is 0 Å². The molecule has 0 N–H and O–H groups in total. The minimum atomic E-state index is 1.07. The average Bonchev–Trinajstić information content (AvgIpc) is 3.06. The van der Waals surface area contributed by atoms with Crippen LogP contribution in [-0.4, -0.2) is 23.9 Å². The first-order valence-corrected chi connectivity index (χ1v) is 6.85. The summed E-state index contributed by atoms with van der Waals surface area (Å²) in [4.78, 5) is 3.98. The van der Waals surface area contributed by atoms with E-state index in [1.54, 1.807) is 11.0 Å². The maximum absolute atomic E-state index is 3.98. The van der Waals surface area contributed by atoms with Crippen LogP contribution in [0, 0.1) is 20.8 Å². The summed E-state index contributed by atoms with van der Waals surface area (Å²) in [6, 6.07) is 2.08. The van der Waals surface area contributed by atoms with Crippen LogP contribution < -0.4 is 0 Å². The molecule has 0 aliphatic carbocycles. The zero-order valence-electron chi connectivity index (χ0n) is 13.8. The van der Waals surface area contributed by atoms with Crippen LogP contribution in [0.25, 0.3) is 0 Å². The van der Waals surface area contributed by atoms with Crippen molar-refractivity contribution in [2.24, 2.45) is 21.1 Å². The van der Waals surface area contributed by atoms with Gasteiger partial charge >= 0.3 is 0 Å². The number of aromatic nitrogens is 5. The number of hydrogen-bond acceptors (Lipinski definition) is 2. The van der Waals surface area contributed by atoms with Gasteiger partial charge in [-0.15, -0.1) is 0 Å². The smallest absolute Gasteiger partial charge is 0.0946 e. The van der Waals surface area contributed by atoms with Crippen molar-refractivity contribution in [2.45, 2.75) is 20.8 Å². The molecule has 0 saturated carbocycles. The van der Waals surface area contributed by atoms with Crippen LogP contribution in [0.15, 0.2) is 43.4 Å². The molecule has 3 heterocycles. The second kappa shape index (κ2) is 8.09. The van der Waals surface area contributed by atoms with E-state index in [4.69, 9.17) is 0 Å². The van der Waals surface area contributed by atoms with Crippen LogP contribution in [-0.2, 0) is 21.1 Å². The summed E-state index contributed by atoms with van der Waals surface area (Å²) < 4.78 is 5.75. The molecule has 0 saturated heterocycles. The average molecular weight is 287 g/mol. The quantitative estimate of drug-likeness (QED) is 0.638. The molecule has 3 rings (SSSR count). The molecule has 0 atom stereocenters. The highest BCUT2D eigenvalue weighted by atomic mass is 15.2. The minimum Gasteiger partial charge on any atom is -0.357 e. The Balaban J connectivity index is 0.000000157. The normalized spacial score (nSPS) is 9.43. The SMILES string of the molecule is Cc1ccn(C)c1.Cc1cn(C)cn1.Cc1cnn(C)c1. The van der Waals surface area contributed by atoms with Crippen molar-refractivity contribution < 1.29 is 0 Å². The lowest BCUT2D eigenvalue weighted by Gasteiger charge is -1.80. The third-order valence-corrected chi connectivity index (χ3v) is 2.65. The van der Waals surface area contributed by atoms with Gasteiger partial charge in [0.15, 0.2) is 0 Å². The summed E-state index contributed by atoms with van der Waals surface area (Å²) in [7, 11) is 5.89. The van der Waals surface area contributed by atoms with Gasteiger partial charge in [-0.05, 0) is 38.0 Å². The largest absolute Gasteiger partial charge is 0.357 e. The van der Waals surface area contributed by atoms with Gasteiger partial charge in [0.05, 0.1) is 18.2 Å². The molecular weight excluding hydrogens is 262 g/mol. The van der Waals surface area contributed by atoms with Gasteiger partial charge < -0.3 is 9.13 Å². The lowest BCUT2D eigenvalue weighted by atomic mass is 10.4. The Labute approximate surface area is 126 Å². The van der Waals surface area contributed by atoms with E-state index in [1.807, 2.05) is 68.9 Å². The molecule has 5 nitrogen and oxygen atoms in total. The van der Waals surface area contributed by atoms with Crippen molar-refractivity contribution in [3.63, 3.8) is 0 Å². The predicted octanol–water partition coefficient (Wildman–Crippen LogP) is 2.79. The van der Waals surface area contributed by atoms with Crippen LogP contribution in [0.1, 0.15) is 16.8 Å². The first kappa shape index (κ1) is 16.8. The number of aryl methyl sites for hydroxylation is 6. The molecule has 0 amide bonds. The molecule has 0 aromatic carbocycles. The third-order valence-electron chi connectivity index (χ3n) is 2.65. The van der Waals surface area contributed by atoms with Crippen molar-refractivity contribution in [2.75, 3.05) is 0 Å². The summed E-state index contributed by atoms with van der Waals surface area (Å²) in [5, 5.41) is 3.93. The number of rotatable bonds is 0. The van der Waals surface area contributed by atoms with E-state index in [1.165, 1.54) is 11.1 Å². The minimum absolute atomic E-state index is 1.07. The van der Waals surface area contributed by atoms with E-state index in [9.17, 15) is 0 Å². The van der Waals surface area contributed by atoms with Crippen molar-refractivity contribution in [3.8, 4) is 0 Å². The van der Waals surface area contributed by atoms with Gasteiger partial charge in [0.2, 0.25) is 0 Å². The van der Waals surface area contributed by atoms with E-state index < -0.39 is 0 Å². The van der Waals surface area contributed by atoms with Crippen LogP contribution >= 0.6 is 0 Å². The van der Waals surface area contributed by atoms with Gasteiger partial charge in [-0.25, -0.2) is 4.98 Å². The van der Waals surface area contributed by atoms with Gasteiger partial charge in [0.1, 0.15) is 0 Å². The zero-order valence-corrected chi connectivity index (χ0v) is 13.8.